The summed E-state index contributed by atoms with van der Waals surface area (Å²) in [6.45, 7) is 1.81. The summed E-state index contributed by atoms with van der Waals surface area (Å²) >= 11 is 9.69. The molecule has 10 heteroatoms. The van der Waals surface area contributed by atoms with E-state index in [-0.39, 0.29) is 22.9 Å². The number of hydrogen-bond donors (Lipinski definition) is 1. The van der Waals surface area contributed by atoms with Gasteiger partial charge in [0.2, 0.25) is 11.0 Å². The van der Waals surface area contributed by atoms with Crippen LogP contribution >= 0.6 is 46.5 Å². The molecule has 0 aliphatic heterocycles. The van der Waals surface area contributed by atoms with Crippen molar-refractivity contribution in [1.29, 1.82) is 0 Å². The van der Waals surface area contributed by atoms with E-state index in [4.69, 9.17) is 11.6 Å². The van der Waals surface area contributed by atoms with E-state index < -0.39 is 0 Å². The molecular formula is C14H14ClN3O3S3. The molecule has 0 fully saturated rings. The van der Waals surface area contributed by atoms with Gasteiger partial charge in [-0.25, -0.2) is 0 Å². The molecule has 24 heavy (non-hydrogen) atoms. The maximum absolute atomic E-state index is 12.2. The Morgan fingerprint density at radius 1 is 1.33 bits per heavy atom. The minimum absolute atomic E-state index is 0.155. The van der Waals surface area contributed by atoms with Gasteiger partial charge in [0.1, 0.15) is 0 Å². The summed E-state index contributed by atoms with van der Waals surface area (Å²) in [6.07, 6.45) is 0. The van der Waals surface area contributed by atoms with E-state index >= 15 is 0 Å². The molecule has 0 saturated carbocycles. The predicted molar refractivity (Wildman–Crippen MR) is 98.0 cm³/mol. The number of carbonyl (C=O) groups is 2. The van der Waals surface area contributed by atoms with Crippen LogP contribution in [-0.2, 0) is 14.3 Å². The molecule has 1 atom stereocenters. The highest BCUT2D eigenvalue weighted by Crippen LogP contribution is 2.28. The molecule has 0 bridgehead atoms. The summed E-state index contributed by atoms with van der Waals surface area (Å²) in [7, 11) is 1.33. The third kappa shape index (κ3) is 5.97. The summed E-state index contributed by atoms with van der Waals surface area (Å²) in [5.74, 6) is -0.355. The Labute approximate surface area is 156 Å². The topological polar surface area (TPSA) is 81.2 Å². The van der Waals surface area contributed by atoms with Gasteiger partial charge >= 0.3 is 5.97 Å². The Morgan fingerprint density at radius 2 is 2.04 bits per heavy atom. The average Bonchev–Trinajstić information content (AvgIpc) is 3.02. The summed E-state index contributed by atoms with van der Waals surface area (Å²) in [5.41, 5.74) is 0. The smallest absolute Gasteiger partial charge is 0.316 e. The van der Waals surface area contributed by atoms with Crippen LogP contribution in [0.3, 0.4) is 0 Å². The van der Waals surface area contributed by atoms with Crippen LogP contribution in [0.15, 0.2) is 33.5 Å². The lowest BCUT2D eigenvalue weighted by molar-refractivity contribution is -0.137. The third-order valence-corrected chi connectivity index (χ3v) is 5.98. The molecule has 1 aromatic carbocycles. The SMILES string of the molecule is COC(=O)CSc1nnc(NC(=O)[C@@H](C)Sc2ccc(Cl)cc2)s1. The first-order chi connectivity index (χ1) is 11.5. The Bertz CT molecular complexity index is 709. The summed E-state index contributed by atoms with van der Waals surface area (Å²) in [6, 6.07) is 7.29. The predicted octanol–water partition coefficient (Wildman–Crippen LogP) is 3.58. The Kier molecular flexibility index (Phi) is 7.35. The van der Waals surface area contributed by atoms with E-state index in [2.05, 4.69) is 20.3 Å². The Morgan fingerprint density at radius 3 is 2.71 bits per heavy atom. The van der Waals surface area contributed by atoms with E-state index in [9.17, 15) is 9.59 Å². The lowest BCUT2D eigenvalue weighted by Crippen LogP contribution is -2.22. The van der Waals surface area contributed by atoms with E-state index in [0.29, 0.717) is 14.5 Å². The molecule has 2 aromatic rings. The second-order valence-corrected chi connectivity index (χ2v) is 8.49. The van der Waals surface area contributed by atoms with Gasteiger partial charge in [-0.15, -0.1) is 22.0 Å². The molecule has 0 aliphatic rings. The molecule has 1 aromatic heterocycles. The van der Waals surface area contributed by atoms with Crippen molar-refractivity contribution in [3.05, 3.63) is 29.3 Å². The fourth-order valence-electron chi connectivity index (χ4n) is 1.48. The van der Waals surface area contributed by atoms with Gasteiger partial charge < -0.3 is 4.74 Å². The number of amides is 1. The number of halogens is 1. The maximum atomic E-state index is 12.2. The van der Waals surface area contributed by atoms with Crippen LogP contribution in [-0.4, -0.2) is 40.2 Å². The van der Waals surface area contributed by atoms with Crippen molar-refractivity contribution in [2.75, 3.05) is 18.2 Å². The minimum atomic E-state index is -0.339. The van der Waals surface area contributed by atoms with Crippen molar-refractivity contribution >= 4 is 63.5 Å². The number of esters is 1. The van der Waals surface area contributed by atoms with Gasteiger partial charge in [-0.05, 0) is 31.2 Å². The Hall–Kier alpha value is -1.29. The standard InChI is InChI=1S/C14H14ClN3O3S3/c1-8(23-10-5-3-9(15)4-6-10)12(20)16-13-17-18-14(24-13)22-7-11(19)21-2/h3-6,8H,7H2,1-2H3,(H,16,17,20)/t8-/m1/s1. The fraction of sp³-hybridized carbons (Fsp3) is 0.286. The number of nitrogens with one attached hydrogen (secondary N) is 1. The highest BCUT2D eigenvalue weighted by atomic mass is 35.5. The number of anilines is 1. The number of thioether (sulfide) groups is 2. The normalized spacial score (nSPS) is 11.8. The van der Waals surface area contributed by atoms with Crippen LogP contribution in [0.2, 0.25) is 5.02 Å². The van der Waals surface area contributed by atoms with Crippen molar-refractivity contribution in [3.8, 4) is 0 Å². The van der Waals surface area contributed by atoms with Crippen LogP contribution in [0.1, 0.15) is 6.92 Å². The van der Waals surface area contributed by atoms with Gasteiger partial charge in [0.15, 0.2) is 4.34 Å². The second-order valence-electron chi connectivity index (χ2n) is 4.44. The monoisotopic (exact) mass is 403 g/mol. The average molecular weight is 404 g/mol. The fourth-order valence-corrected chi connectivity index (χ4v) is 4.06. The number of ether oxygens (including phenoxy) is 1. The number of methoxy groups -OCH3 is 1. The highest BCUT2D eigenvalue weighted by molar-refractivity contribution is 8.01. The van der Waals surface area contributed by atoms with Gasteiger partial charge in [0.05, 0.1) is 18.1 Å². The summed E-state index contributed by atoms with van der Waals surface area (Å²) < 4.78 is 5.15. The van der Waals surface area contributed by atoms with Crippen LogP contribution < -0.4 is 5.32 Å². The lowest BCUT2D eigenvalue weighted by Gasteiger charge is -2.10. The zero-order valence-corrected chi connectivity index (χ0v) is 16.0. The van der Waals surface area contributed by atoms with E-state index in [1.807, 2.05) is 19.1 Å². The van der Waals surface area contributed by atoms with E-state index in [0.717, 1.165) is 4.90 Å². The molecular weight excluding hydrogens is 390 g/mol. The molecule has 1 amide bonds. The van der Waals surface area contributed by atoms with Gasteiger partial charge in [-0.2, -0.15) is 0 Å². The Balaban J connectivity index is 1.86. The van der Waals surface area contributed by atoms with E-state index in [1.165, 1.54) is 42.0 Å². The molecule has 0 radical (unpaired) electrons. The number of rotatable bonds is 7. The van der Waals surface area contributed by atoms with Gasteiger partial charge in [-0.3, -0.25) is 14.9 Å². The zero-order chi connectivity index (χ0) is 17.5. The molecule has 0 saturated heterocycles. The number of benzene rings is 1. The van der Waals surface area contributed by atoms with Crippen LogP contribution in [0, 0.1) is 0 Å². The van der Waals surface area contributed by atoms with Gasteiger partial charge in [0.25, 0.3) is 0 Å². The minimum Gasteiger partial charge on any atom is -0.468 e. The number of aromatic nitrogens is 2. The van der Waals surface area contributed by atoms with Crippen molar-refractivity contribution in [1.82, 2.24) is 10.2 Å². The number of nitrogens with zero attached hydrogens (tertiary/aromatic N) is 2. The molecule has 0 spiro atoms. The summed E-state index contributed by atoms with van der Waals surface area (Å²) in [4.78, 5) is 24.2. The summed E-state index contributed by atoms with van der Waals surface area (Å²) in [5, 5.41) is 11.3. The first kappa shape index (κ1) is 19.0. The molecule has 1 N–H and O–H groups in total. The molecule has 2 rings (SSSR count). The first-order valence-electron chi connectivity index (χ1n) is 6.74. The maximum Gasteiger partial charge on any atom is 0.316 e. The highest BCUT2D eigenvalue weighted by Gasteiger charge is 2.17. The van der Waals surface area contributed by atoms with Crippen molar-refractivity contribution in [3.63, 3.8) is 0 Å². The third-order valence-electron chi connectivity index (χ3n) is 2.67. The van der Waals surface area contributed by atoms with Gasteiger partial charge in [0, 0.05) is 9.92 Å². The van der Waals surface area contributed by atoms with Crippen molar-refractivity contribution in [2.24, 2.45) is 0 Å². The second kappa shape index (κ2) is 9.26. The molecule has 1 heterocycles. The van der Waals surface area contributed by atoms with Crippen LogP contribution in [0.4, 0.5) is 5.13 Å². The molecule has 6 nitrogen and oxygen atoms in total. The number of hydrogen-bond acceptors (Lipinski definition) is 8. The molecule has 0 aliphatic carbocycles. The van der Waals surface area contributed by atoms with Crippen LogP contribution in [0.5, 0.6) is 0 Å². The van der Waals surface area contributed by atoms with E-state index in [1.54, 1.807) is 12.1 Å². The van der Waals surface area contributed by atoms with Gasteiger partial charge in [-0.1, -0.05) is 34.7 Å². The number of carbonyl (C=O) groups excluding carboxylic acids is 2. The molecule has 128 valence electrons. The van der Waals surface area contributed by atoms with Crippen LogP contribution in [0.25, 0.3) is 0 Å². The largest absolute Gasteiger partial charge is 0.468 e. The first-order valence-corrected chi connectivity index (χ1v) is 9.80. The molecule has 0 unspecified atom stereocenters. The lowest BCUT2D eigenvalue weighted by atomic mass is 10.4. The quantitative estimate of drug-likeness (QED) is 0.430. The van der Waals surface area contributed by atoms with Crippen molar-refractivity contribution < 1.29 is 14.3 Å². The zero-order valence-electron chi connectivity index (χ0n) is 12.8. The van der Waals surface area contributed by atoms with Crippen molar-refractivity contribution in [2.45, 2.75) is 21.4 Å².